The fourth-order valence-corrected chi connectivity index (χ4v) is 3.58. The fourth-order valence-electron chi connectivity index (χ4n) is 3.07. The summed E-state index contributed by atoms with van der Waals surface area (Å²) < 4.78 is 24.5. The van der Waals surface area contributed by atoms with Gasteiger partial charge in [-0.3, -0.25) is 9.59 Å². The van der Waals surface area contributed by atoms with Gasteiger partial charge >= 0.3 is 0 Å². The predicted octanol–water partition coefficient (Wildman–Crippen LogP) is 1.86. The van der Waals surface area contributed by atoms with E-state index in [-0.39, 0.29) is 15.9 Å². The van der Waals surface area contributed by atoms with Crippen LogP contribution in [0.25, 0.3) is 11.0 Å². The van der Waals surface area contributed by atoms with Gasteiger partial charge in [0, 0.05) is 18.4 Å². The molecule has 2 heterocycles. The first-order chi connectivity index (χ1) is 13.6. The van der Waals surface area contributed by atoms with Gasteiger partial charge in [-0.05, 0) is 50.6 Å². The molecule has 8 nitrogen and oxygen atoms in total. The largest absolute Gasteiger partial charge is 0.345 e. The van der Waals surface area contributed by atoms with Gasteiger partial charge in [0.1, 0.15) is 11.2 Å². The monoisotopic (exact) mass is 414 g/mol. The Morgan fingerprint density at radius 2 is 1.86 bits per heavy atom. The van der Waals surface area contributed by atoms with E-state index in [9.17, 15) is 18.0 Å². The minimum absolute atomic E-state index is 0.0112. The van der Waals surface area contributed by atoms with Gasteiger partial charge in [0.2, 0.25) is 15.5 Å². The summed E-state index contributed by atoms with van der Waals surface area (Å²) in [6.07, 6.45) is 1.52. The summed E-state index contributed by atoms with van der Waals surface area (Å²) >= 11 is 0. The first-order valence-electron chi connectivity index (χ1n) is 9.06. The van der Waals surface area contributed by atoms with Gasteiger partial charge in [-0.15, -0.1) is 0 Å². The molecule has 1 amide bonds. The summed E-state index contributed by atoms with van der Waals surface area (Å²) in [5.41, 5.74) is 1.65. The van der Waals surface area contributed by atoms with Gasteiger partial charge in [0.25, 0.3) is 5.91 Å². The molecule has 0 aliphatic heterocycles. The number of carbonyl (C=O) groups excluding carboxylic acids is 1. The van der Waals surface area contributed by atoms with Crippen molar-refractivity contribution in [1.82, 2.24) is 14.9 Å². The average Bonchev–Trinajstić information content (AvgIpc) is 2.67. The zero-order chi connectivity index (χ0) is 21.3. The van der Waals surface area contributed by atoms with E-state index in [1.54, 1.807) is 35.8 Å². The van der Waals surface area contributed by atoms with Crippen LogP contribution in [-0.4, -0.2) is 23.9 Å². The van der Waals surface area contributed by atoms with Gasteiger partial charge in [0.15, 0.2) is 0 Å². The van der Waals surface area contributed by atoms with Crippen molar-refractivity contribution in [3.05, 3.63) is 69.6 Å². The van der Waals surface area contributed by atoms with Crippen LogP contribution in [0.15, 0.2) is 52.3 Å². The number of aromatic nitrogens is 2. The highest BCUT2D eigenvalue weighted by molar-refractivity contribution is 7.89. The highest BCUT2D eigenvalue weighted by atomic mass is 32.2. The maximum atomic E-state index is 12.8. The minimum atomic E-state index is -3.79. The molecular formula is C20H22N4O4S. The number of rotatable bonds is 5. The third-order valence-electron chi connectivity index (χ3n) is 4.70. The number of fused-ring (bicyclic) bond motifs is 1. The van der Waals surface area contributed by atoms with Gasteiger partial charge in [-0.1, -0.05) is 12.1 Å². The molecule has 0 aliphatic carbocycles. The first kappa shape index (κ1) is 20.7. The molecule has 1 aromatic carbocycles. The normalized spacial score (nSPS) is 12.7. The molecule has 9 heteroatoms. The molecule has 0 saturated carbocycles. The molecule has 3 aromatic rings. The fraction of sp³-hybridized carbons (Fsp3) is 0.250. The number of hydrogen-bond acceptors (Lipinski definition) is 5. The van der Waals surface area contributed by atoms with E-state index in [4.69, 9.17) is 5.14 Å². The van der Waals surface area contributed by atoms with E-state index in [2.05, 4.69) is 10.3 Å². The molecule has 1 atom stereocenters. The lowest BCUT2D eigenvalue weighted by molar-refractivity contribution is 0.0938. The van der Waals surface area contributed by atoms with Crippen LogP contribution in [0.1, 0.15) is 41.5 Å². The summed E-state index contributed by atoms with van der Waals surface area (Å²) in [6.45, 7) is 6.05. The molecular weight excluding hydrogens is 392 g/mol. The first-order valence-corrected chi connectivity index (χ1v) is 10.6. The Hall–Kier alpha value is -3.04. The van der Waals surface area contributed by atoms with E-state index < -0.39 is 22.0 Å². The van der Waals surface area contributed by atoms with Gasteiger partial charge in [-0.2, -0.15) is 0 Å². The van der Waals surface area contributed by atoms with Crippen molar-refractivity contribution in [1.29, 1.82) is 0 Å². The van der Waals surface area contributed by atoms with Gasteiger partial charge in [-0.25, -0.2) is 18.5 Å². The molecule has 2 aromatic heterocycles. The third kappa shape index (κ3) is 4.20. The Bertz CT molecular complexity index is 1250. The van der Waals surface area contributed by atoms with Crippen molar-refractivity contribution in [2.75, 3.05) is 0 Å². The lowest BCUT2D eigenvalue weighted by Gasteiger charge is -2.16. The number of pyridine rings is 2. The standard InChI is InChI=1S/C20H22N4O4S/c1-4-24-11-17(18(25)16-10-5-12(2)22-19(16)24)20(26)23-13(3)14-6-8-15(9-7-14)29(21,27)28/h5-11,13H,4H2,1-3H3,(H,23,26)(H2,21,27,28). The predicted molar refractivity (Wildman–Crippen MR) is 110 cm³/mol. The summed E-state index contributed by atoms with van der Waals surface area (Å²) in [5, 5.41) is 8.27. The number of primary sulfonamides is 1. The number of aryl methyl sites for hydroxylation is 2. The number of nitrogens with one attached hydrogen (secondary N) is 1. The summed E-state index contributed by atoms with van der Waals surface area (Å²) in [7, 11) is -3.79. The van der Waals surface area contributed by atoms with E-state index >= 15 is 0 Å². The van der Waals surface area contributed by atoms with Crippen molar-refractivity contribution >= 4 is 27.0 Å². The average molecular weight is 414 g/mol. The molecule has 152 valence electrons. The van der Waals surface area contributed by atoms with Crippen LogP contribution < -0.4 is 15.9 Å². The number of nitrogens with zero attached hydrogens (tertiary/aromatic N) is 2. The number of hydrogen-bond donors (Lipinski definition) is 2. The molecule has 0 aliphatic rings. The third-order valence-corrected chi connectivity index (χ3v) is 5.63. The Morgan fingerprint density at radius 3 is 2.45 bits per heavy atom. The second-order valence-electron chi connectivity index (χ2n) is 6.79. The second kappa shape index (κ2) is 7.76. The Labute approximate surface area is 168 Å². The van der Waals surface area contributed by atoms with Crippen LogP contribution >= 0.6 is 0 Å². The Morgan fingerprint density at radius 1 is 1.21 bits per heavy atom. The minimum Gasteiger partial charge on any atom is -0.345 e. The number of benzene rings is 1. The summed E-state index contributed by atoms with van der Waals surface area (Å²) in [5.74, 6) is -0.511. The molecule has 0 fully saturated rings. The quantitative estimate of drug-likeness (QED) is 0.659. The molecule has 0 saturated heterocycles. The number of sulfonamides is 1. The van der Waals surface area contributed by atoms with Crippen LogP contribution in [0.4, 0.5) is 0 Å². The van der Waals surface area contributed by atoms with E-state index in [1.165, 1.54) is 18.3 Å². The Balaban J connectivity index is 1.92. The van der Waals surface area contributed by atoms with Crippen molar-refractivity contribution < 1.29 is 13.2 Å². The van der Waals surface area contributed by atoms with Crippen molar-refractivity contribution in [3.8, 4) is 0 Å². The highest BCUT2D eigenvalue weighted by Gasteiger charge is 2.18. The number of amides is 1. The van der Waals surface area contributed by atoms with E-state index in [1.807, 2.05) is 13.8 Å². The second-order valence-corrected chi connectivity index (χ2v) is 8.35. The molecule has 3 rings (SSSR count). The maximum absolute atomic E-state index is 12.8. The topological polar surface area (TPSA) is 124 Å². The zero-order valence-electron chi connectivity index (χ0n) is 16.3. The molecule has 0 bridgehead atoms. The zero-order valence-corrected chi connectivity index (χ0v) is 17.2. The van der Waals surface area contributed by atoms with Crippen LogP contribution in [0.3, 0.4) is 0 Å². The number of carbonyl (C=O) groups is 1. The molecule has 0 spiro atoms. The van der Waals surface area contributed by atoms with Crippen molar-refractivity contribution in [2.24, 2.45) is 5.14 Å². The van der Waals surface area contributed by atoms with Crippen LogP contribution in [0, 0.1) is 6.92 Å². The van der Waals surface area contributed by atoms with Crippen LogP contribution in [0.5, 0.6) is 0 Å². The van der Waals surface area contributed by atoms with Crippen molar-refractivity contribution in [2.45, 2.75) is 38.3 Å². The SMILES string of the molecule is CCn1cc(C(=O)NC(C)c2ccc(S(N)(=O)=O)cc2)c(=O)c2ccc(C)nc21. The maximum Gasteiger partial charge on any atom is 0.257 e. The van der Waals surface area contributed by atoms with Crippen molar-refractivity contribution in [3.63, 3.8) is 0 Å². The summed E-state index contributed by atoms with van der Waals surface area (Å²) in [4.78, 5) is 30.0. The van der Waals surface area contributed by atoms with E-state index in [0.29, 0.717) is 23.1 Å². The molecule has 29 heavy (non-hydrogen) atoms. The molecule has 0 radical (unpaired) electrons. The van der Waals surface area contributed by atoms with Gasteiger partial charge < -0.3 is 9.88 Å². The number of nitrogens with two attached hydrogens (primary N) is 1. The van der Waals surface area contributed by atoms with Crippen LogP contribution in [-0.2, 0) is 16.6 Å². The Kier molecular flexibility index (Phi) is 5.54. The van der Waals surface area contributed by atoms with E-state index in [0.717, 1.165) is 5.69 Å². The van der Waals surface area contributed by atoms with Gasteiger partial charge in [0.05, 0.1) is 16.3 Å². The lowest BCUT2D eigenvalue weighted by Crippen LogP contribution is -2.32. The molecule has 1 unspecified atom stereocenters. The summed E-state index contributed by atoms with van der Waals surface area (Å²) in [6, 6.07) is 8.87. The van der Waals surface area contributed by atoms with Crippen LogP contribution in [0.2, 0.25) is 0 Å². The lowest BCUT2D eigenvalue weighted by atomic mass is 10.1. The highest BCUT2D eigenvalue weighted by Crippen LogP contribution is 2.17. The molecule has 3 N–H and O–H groups in total. The smallest absolute Gasteiger partial charge is 0.257 e.